The number of aliphatic imine (C=N–C) groups is 1. The molecule has 0 saturated heterocycles. The monoisotopic (exact) mass is 919 g/mol. The zero-order chi connectivity index (χ0) is 47.9. The molecule has 0 aromatic heterocycles. The molecule has 0 rings (SSSR count). The summed E-state index contributed by atoms with van der Waals surface area (Å²) in [6.07, 6.45) is 18.1. The number of carboxylic acids is 2. The number of aliphatic hydroxyl groups is 1. The molecule has 0 aromatic rings. The first-order chi connectivity index (χ1) is 30.9. The first-order valence-electron chi connectivity index (χ1n) is 23.5. The smallest absolute Gasteiger partial charge is 0.328 e. The van der Waals surface area contributed by atoms with E-state index in [1.165, 1.54) is 44.9 Å². The predicted octanol–water partition coefficient (Wildman–Crippen LogP) is 3.07. The maximum absolute atomic E-state index is 12.0. The van der Waals surface area contributed by atoms with Crippen molar-refractivity contribution in [2.24, 2.45) is 4.99 Å². The van der Waals surface area contributed by atoms with Gasteiger partial charge in [-0.05, 0) is 71.7 Å². The third-order valence-corrected chi connectivity index (χ3v) is 9.78. The molecule has 0 fully saturated rings. The van der Waals surface area contributed by atoms with Crippen LogP contribution in [0.25, 0.3) is 0 Å². The fourth-order valence-corrected chi connectivity index (χ4v) is 6.14. The van der Waals surface area contributed by atoms with Crippen LogP contribution in [-0.4, -0.2) is 155 Å². The van der Waals surface area contributed by atoms with Crippen LogP contribution in [0.4, 0.5) is 0 Å². The highest BCUT2D eigenvalue weighted by atomic mass is 16.5. The number of unbranched alkanes of at least 4 members (excludes halogenated alkanes) is 14. The number of nitrogens with one attached hydrogen (secondary N) is 4. The summed E-state index contributed by atoms with van der Waals surface area (Å²) in [5.41, 5.74) is 0. The number of hydrogen-bond donors (Lipinski definition) is 7. The summed E-state index contributed by atoms with van der Waals surface area (Å²) in [6, 6.07) is -1.52. The Bertz CT molecular complexity index is 1230. The number of carbonyl (C=O) groups excluding carboxylic acids is 4. The van der Waals surface area contributed by atoms with Crippen molar-refractivity contribution >= 4 is 41.3 Å². The van der Waals surface area contributed by atoms with E-state index in [1.54, 1.807) is 7.05 Å². The maximum Gasteiger partial charge on any atom is 0.328 e. The zero-order valence-electron chi connectivity index (χ0n) is 39.3. The number of ketones is 1. The Labute approximate surface area is 381 Å². The lowest BCUT2D eigenvalue weighted by atomic mass is 10.0. The molecule has 0 radical (unpaired) electrons. The minimum Gasteiger partial charge on any atom is -0.862 e. The standard InChI is InChI=1S/C27H50N2O7.C18H35N3O7/c1-2-36-22-21-28-24(30)20-19-23(27(34)35)29-25(31)17-15-13-11-9-7-5-3-4-6-8-10-12-14-16-18-26(32)33;1-3-26-13-17(24)21-8-9-27-10-11-28-14-18(25)20-7-5-4-6-15(19-2)16(23)12-22/h23H,2-22H2,1H3,(H,28,30)(H,29,31)(H,32,33)(H,34,35);15,19,22H,3-14H2,1-2H3,(H,20,25)(H,21,24)/p-1/t23-;15-/m00/s1. The Kier molecular flexibility index (Phi) is 46.0. The molecule has 2 atom stereocenters. The molecule has 374 valence electrons. The molecular formula is C45H84N5O14-. The fourth-order valence-electron chi connectivity index (χ4n) is 6.14. The van der Waals surface area contributed by atoms with E-state index in [1.807, 2.05) is 13.8 Å². The van der Waals surface area contributed by atoms with Crippen LogP contribution < -0.4 is 26.4 Å². The van der Waals surface area contributed by atoms with Gasteiger partial charge in [-0.15, -0.1) is 0 Å². The third kappa shape index (κ3) is 44.8. The topological polar surface area (TPSA) is 284 Å². The van der Waals surface area contributed by atoms with Gasteiger partial charge in [-0.2, -0.15) is 0 Å². The van der Waals surface area contributed by atoms with Crippen molar-refractivity contribution in [3.05, 3.63) is 0 Å². The Morgan fingerprint density at radius 2 is 1.03 bits per heavy atom. The van der Waals surface area contributed by atoms with Gasteiger partial charge < -0.3 is 60.6 Å². The van der Waals surface area contributed by atoms with Gasteiger partial charge in [0.15, 0.2) is 5.78 Å². The van der Waals surface area contributed by atoms with Crippen molar-refractivity contribution < 1.29 is 68.1 Å². The number of hydrogen-bond acceptors (Lipinski definition) is 14. The number of carbonyl (C=O) groups is 6. The Hall–Kier alpha value is -3.75. The van der Waals surface area contributed by atoms with Gasteiger partial charge in [0.25, 0.3) is 0 Å². The molecule has 0 aromatic carbocycles. The molecule has 0 aliphatic carbocycles. The number of rotatable bonds is 45. The van der Waals surface area contributed by atoms with Crippen molar-refractivity contribution in [3.8, 4) is 0 Å². The van der Waals surface area contributed by atoms with Crippen LogP contribution in [0.1, 0.15) is 149 Å². The van der Waals surface area contributed by atoms with Crippen LogP contribution >= 0.6 is 0 Å². The average Bonchev–Trinajstić information content (AvgIpc) is 3.27. The van der Waals surface area contributed by atoms with E-state index in [0.717, 1.165) is 51.4 Å². The quantitative estimate of drug-likeness (QED) is 0.0263. The highest BCUT2D eigenvalue weighted by Gasteiger charge is 2.17. The lowest BCUT2D eigenvalue weighted by Crippen LogP contribution is -2.36. The van der Waals surface area contributed by atoms with Crippen molar-refractivity contribution in [1.29, 1.82) is 0 Å². The number of carboxylic acid groups (broad SMARTS) is 2. The minimum absolute atomic E-state index is 0.00827. The molecule has 0 saturated carbocycles. The molecule has 0 aliphatic rings. The molecule has 0 heterocycles. The van der Waals surface area contributed by atoms with Crippen molar-refractivity contribution in [3.63, 3.8) is 0 Å². The average molecular weight is 919 g/mol. The maximum atomic E-state index is 12.0. The summed E-state index contributed by atoms with van der Waals surface area (Å²) >= 11 is 0. The number of aliphatic hydroxyl groups excluding tert-OH is 1. The Morgan fingerprint density at radius 1 is 0.547 bits per heavy atom. The van der Waals surface area contributed by atoms with Crippen LogP contribution in [-0.2, 0) is 47.7 Å². The van der Waals surface area contributed by atoms with E-state index in [0.29, 0.717) is 65.5 Å². The van der Waals surface area contributed by atoms with Crippen LogP contribution in [0.5, 0.6) is 0 Å². The summed E-state index contributed by atoms with van der Waals surface area (Å²) in [5.74, 6) is -3.17. The summed E-state index contributed by atoms with van der Waals surface area (Å²) < 4.78 is 20.6. The molecule has 0 aliphatic heterocycles. The van der Waals surface area contributed by atoms with Gasteiger partial charge in [-0.3, -0.25) is 29.0 Å². The van der Waals surface area contributed by atoms with Gasteiger partial charge in [0, 0.05) is 45.7 Å². The number of amides is 3. The zero-order valence-corrected chi connectivity index (χ0v) is 39.3. The van der Waals surface area contributed by atoms with Crippen LogP contribution in [0, 0.1) is 0 Å². The second-order valence-corrected chi connectivity index (χ2v) is 15.3. The molecule has 0 bridgehead atoms. The summed E-state index contributed by atoms with van der Waals surface area (Å²) in [4.78, 5) is 71.6. The highest BCUT2D eigenvalue weighted by molar-refractivity contribution is 5.85. The second kappa shape index (κ2) is 47.2. The number of ether oxygens (including phenoxy) is 4. The van der Waals surface area contributed by atoms with E-state index in [-0.39, 0.29) is 75.1 Å². The molecular weight excluding hydrogens is 835 g/mol. The normalized spacial score (nSPS) is 12.2. The van der Waals surface area contributed by atoms with Gasteiger partial charge in [0.05, 0.1) is 32.5 Å². The van der Waals surface area contributed by atoms with E-state index < -0.39 is 30.5 Å². The largest absolute Gasteiger partial charge is 0.862 e. The molecule has 0 spiro atoms. The van der Waals surface area contributed by atoms with Crippen molar-refractivity contribution in [2.45, 2.75) is 161 Å². The number of likely N-dealkylation sites (N-methyl/N-ethyl adjacent to an activating group) is 1. The minimum atomic E-state index is -1.18. The number of aliphatic carboxylic acids is 2. The van der Waals surface area contributed by atoms with E-state index in [9.17, 15) is 39.0 Å². The molecule has 19 nitrogen and oxygen atoms in total. The predicted molar refractivity (Wildman–Crippen MR) is 242 cm³/mol. The van der Waals surface area contributed by atoms with Crippen LogP contribution in [0.15, 0.2) is 4.99 Å². The van der Waals surface area contributed by atoms with Crippen molar-refractivity contribution in [2.75, 3.05) is 86.1 Å². The van der Waals surface area contributed by atoms with Gasteiger partial charge >= 0.3 is 11.9 Å². The first-order valence-corrected chi connectivity index (χ1v) is 23.5. The first kappa shape index (κ1) is 62.3. The lowest BCUT2D eigenvalue weighted by molar-refractivity contribution is -0.219. The molecule has 19 heteroatoms. The van der Waals surface area contributed by atoms with Crippen LogP contribution in [0.2, 0.25) is 0 Å². The van der Waals surface area contributed by atoms with Crippen molar-refractivity contribution in [1.82, 2.24) is 21.3 Å². The Balaban J connectivity index is 0. The SMILES string of the molecule is CCOCC(=O)NCCOCCOCC(=O)NCCCC[C@H](NC)C(=O)CO.CCOCCNC(=O)CC[C@H](N=C([O-])CCCCCCCCCCCCCCCCC(=O)O)C(=O)O. The number of Topliss-reactive ketones (excluding diaryl/α,β-unsaturated/α-hetero) is 1. The highest BCUT2D eigenvalue weighted by Crippen LogP contribution is 2.14. The molecule has 0 unspecified atom stereocenters. The second-order valence-electron chi connectivity index (χ2n) is 15.3. The van der Waals surface area contributed by atoms with E-state index >= 15 is 0 Å². The molecule has 7 N–H and O–H groups in total. The van der Waals surface area contributed by atoms with Gasteiger partial charge in [-0.25, -0.2) is 4.79 Å². The van der Waals surface area contributed by atoms with Gasteiger partial charge in [-0.1, -0.05) is 77.0 Å². The molecule has 64 heavy (non-hydrogen) atoms. The van der Waals surface area contributed by atoms with E-state index in [2.05, 4.69) is 26.3 Å². The number of nitrogens with zero attached hydrogens (tertiary/aromatic N) is 1. The summed E-state index contributed by atoms with van der Waals surface area (Å²) in [7, 11) is 1.68. The summed E-state index contributed by atoms with van der Waals surface area (Å²) in [5, 5.41) is 49.7. The van der Waals surface area contributed by atoms with Gasteiger partial charge in [0.2, 0.25) is 17.7 Å². The van der Waals surface area contributed by atoms with Gasteiger partial charge in [0.1, 0.15) is 25.9 Å². The Morgan fingerprint density at radius 3 is 1.55 bits per heavy atom. The summed E-state index contributed by atoms with van der Waals surface area (Å²) in [6.45, 7) is 6.94. The molecule has 3 amide bonds. The van der Waals surface area contributed by atoms with E-state index in [4.69, 9.17) is 29.2 Å². The van der Waals surface area contributed by atoms with Crippen LogP contribution in [0.3, 0.4) is 0 Å². The third-order valence-electron chi connectivity index (χ3n) is 9.78. The lowest BCUT2D eigenvalue weighted by Gasteiger charge is -2.15. The fraction of sp³-hybridized carbons (Fsp3) is 0.844.